The lowest BCUT2D eigenvalue weighted by Crippen LogP contribution is -2.14. The highest BCUT2D eigenvalue weighted by atomic mass is 35.5. The van der Waals surface area contributed by atoms with E-state index in [-0.39, 0.29) is 17.1 Å². The molecule has 0 bridgehead atoms. The Kier molecular flexibility index (Phi) is 6.07. The Hall–Kier alpha value is -3.73. The number of nitrogen functional groups attached to an aromatic ring is 1. The van der Waals surface area contributed by atoms with E-state index in [1.165, 1.54) is 18.4 Å². The van der Waals surface area contributed by atoms with Crippen LogP contribution in [0.5, 0.6) is 5.75 Å². The lowest BCUT2D eigenvalue weighted by atomic mass is 10.2. The Morgan fingerprint density at radius 1 is 1.26 bits per heavy atom. The second-order valence-electron chi connectivity index (χ2n) is 5.99. The van der Waals surface area contributed by atoms with Gasteiger partial charge in [-0.15, -0.1) is 0 Å². The monoisotopic (exact) mass is 454 g/mol. The van der Waals surface area contributed by atoms with Crippen molar-refractivity contribution in [3.63, 3.8) is 0 Å². The van der Waals surface area contributed by atoms with Crippen LogP contribution in [0.1, 0.15) is 16.2 Å². The van der Waals surface area contributed by atoms with Crippen molar-refractivity contribution >= 4 is 28.9 Å². The lowest BCUT2D eigenvalue weighted by molar-refractivity contribution is -0.142. The summed E-state index contributed by atoms with van der Waals surface area (Å²) < 4.78 is 49.6. The van der Waals surface area contributed by atoms with Crippen molar-refractivity contribution in [1.29, 1.82) is 0 Å². The first kappa shape index (κ1) is 22.0. The number of furan rings is 1. The Labute approximate surface area is 177 Å². The number of aromatic carboxylic acids is 1. The average Bonchev–Trinajstić information content (AvgIpc) is 3.37. The molecule has 8 nitrogen and oxygen atoms in total. The van der Waals surface area contributed by atoms with Crippen LogP contribution in [-0.2, 0) is 6.18 Å². The summed E-state index contributed by atoms with van der Waals surface area (Å²) in [5, 5.41) is 12.9. The van der Waals surface area contributed by atoms with Gasteiger partial charge < -0.3 is 20.0 Å². The first-order valence-electron chi connectivity index (χ1n) is 8.44. The summed E-state index contributed by atoms with van der Waals surface area (Å²) >= 11 is 5.64. The summed E-state index contributed by atoms with van der Waals surface area (Å²) in [6.07, 6.45) is -3.42. The maximum absolute atomic E-state index is 13.1. The van der Waals surface area contributed by atoms with Crippen LogP contribution in [0.25, 0.3) is 17.1 Å². The number of carboxylic acid groups (broad SMARTS) is 1. The number of rotatable bonds is 3. The summed E-state index contributed by atoms with van der Waals surface area (Å²) in [5.41, 5.74) is 4.14. The number of benzene rings is 1. The predicted octanol–water partition coefficient (Wildman–Crippen LogP) is 4.64. The molecule has 0 fully saturated rings. The third-order valence-electron chi connectivity index (χ3n) is 3.90. The Balaban J connectivity index is 0.000000229. The van der Waals surface area contributed by atoms with E-state index in [0.29, 0.717) is 21.0 Å². The number of alkyl halides is 3. The topological polar surface area (TPSA) is 116 Å². The van der Waals surface area contributed by atoms with Crippen LogP contribution in [0.15, 0.2) is 53.1 Å². The maximum atomic E-state index is 13.1. The van der Waals surface area contributed by atoms with Gasteiger partial charge in [0.25, 0.3) is 0 Å². The molecule has 31 heavy (non-hydrogen) atoms. The third-order valence-corrected chi connectivity index (χ3v) is 4.14. The normalized spacial score (nSPS) is 11.1. The fourth-order valence-electron chi connectivity index (χ4n) is 2.54. The number of ether oxygens (including phenoxy) is 1. The van der Waals surface area contributed by atoms with Crippen LogP contribution >= 0.6 is 11.6 Å². The zero-order valence-electron chi connectivity index (χ0n) is 15.7. The highest BCUT2D eigenvalue weighted by Crippen LogP contribution is 2.32. The molecule has 0 atom stereocenters. The minimum Gasteiger partial charge on any atom is -0.495 e. The van der Waals surface area contributed by atoms with Gasteiger partial charge in [-0.2, -0.15) is 18.3 Å². The van der Waals surface area contributed by atoms with E-state index in [2.05, 4.69) is 10.1 Å². The first-order chi connectivity index (χ1) is 14.6. The predicted molar refractivity (Wildman–Crippen MR) is 105 cm³/mol. The molecule has 4 aromatic rings. The quantitative estimate of drug-likeness (QED) is 0.433. The summed E-state index contributed by atoms with van der Waals surface area (Å²) in [4.78, 5) is 14.8. The lowest BCUT2D eigenvalue weighted by Gasteiger charge is -2.09. The highest BCUT2D eigenvalue weighted by molar-refractivity contribution is 6.30. The number of aromatic nitrogens is 3. The maximum Gasteiger partial charge on any atom is 0.433 e. The van der Waals surface area contributed by atoms with Gasteiger partial charge in [0, 0.05) is 11.1 Å². The van der Waals surface area contributed by atoms with E-state index in [1.54, 1.807) is 25.3 Å². The largest absolute Gasteiger partial charge is 0.495 e. The zero-order valence-corrected chi connectivity index (χ0v) is 16.5. The van der Waals surface area contributed by atoms with Crippen LogP contribution in [0.2, 0.25) is 5.02 Å². The summed E-state index contributed by atoms with van der Waals surface area (Å²) in [6, 6.07) is 9.80. The number of carboxylic acids is 1. The van der Waals surface area contributed by atoms with Crippen LogP contribution in [0.3, 0.4) is 0 Å². The van der Waals surface area contributed by atoms with Crippen molar-refractivity contribution in [2.75, 3.05) is 12.8 Å². The van der Waals surface area contributed by atoms with Crippen LogP contribution in [0.4, 0.5) is 18.9 Å². The van der Waals surface area contributed by atoms with Gasteiger partial charge in [-0.25, -0.2) is 14.3 Å². The molecule has 0 unspecified atom stereocenters. The van der Waals surface area contributed by atoms with Gasteiger partial charge in [0.05, 0.1) is 19.1 Å². The van der Waals surface area contributed by atoms with Crippen molar-refractivity contribution in [2.45, 2.75) is 6.18 Å². The molecule has 3 aromatic heterocycles. The molecule has 12 heteroatoms. The van der Waals surface area contributed by atoms with Gasteiger partial charge in [-0.05, 0) is 36.4 Å². The van der Waals surface area contributed by atoms with Crippen molar-refractivity contribution in [1.82, 2.24) is 14.6 Å². The smallest absolute Gasteiger partial charge is 0.433 e. The molecular weight excluding hydrogens is 441 g/mol. The van der Waals surface area contributed by atoms with Gasteiger partial charge in [0.2, 0.25) is 0 Å². The number of halogens is 4. The van der Waals surface area contributed by atoms with E-state index in [9.17, 15) is 18.0 Å². The van der Waals surface area contributed by atoms with E-state index >= 15 is 0 Å². The van der Waals surface area contributed by atoms with E-state index in [1.807, 2.05) is 0 Å². The second-order valence-corrected chi connectivity index (χ2v) is 6.43. The molecule has 0 aliphatic rings. The van der Waals surface area contributed by atoms with Crippen molar-refractivity contribution < 1.29 is 32.2 Å². The molecule has 0 radical (unpaired) electrons. The van der Waals surface area contributed by atoms with Crippen molar-refractivity contribution in [2.24, 2.45) is 0 Å². The third kappa shape index (κ3) is 4.89. The molecule has 0 spiro atoms. The van der Waals surface area contributed by atoms with Gasteiger partial charge in [-0.1, -0.05) is 11.6 Å². The molecule has 0 saturated carbocycles. The van der Waals surface area contributed by atoms with Gasteiger partial charge >= 0.3 is 12.1 Å². The molecule has 0 saturated heterocycles. The number of carbonyl (C=O) groups is 1. The Morgan fingerprint density at radius 3 is 2.55 bits per heavy atom. The van der Waals surface area contributed by atoms with E-state index < -0.39 is 23.5 Å². The van der Waals surface area contributed by atoms with Gasteiger partial charge in [-0.3, -0.25) is 0 Å². The molecule has 3 N–H and O–H groups in total. The summed E-state index contributed by atoms with van der Waals surface area (Å²) in [5.74, 6) is -0.640. The van der Waals surface area contributed by atoms with E-state index in [0.717, 1.165) is 12.1 Å². The molecule has 4 rings (SSSR count). The minimum atomic E-state index is -4.72. The number of hydrogen-bond acceptors (Lipinski definition) is 6. The molecule has 0 amide bonds. The fraction of sp³-hybridized carbons (Fsp3) is 0.105. The molecule has 0 aliphatic carbocycles. The molecule has 0 aliphatic heterocycles. The number of hydrogen-bond donors (Lipinski definition) is 2. The zero-order chi connectivity index (χ0) is 22.8. The van der Waals surface area contributed by atoms with Crippen LogP contribution in [0, 0.1) is 0 Å². The standard InChI is InChI=1S/C12H6F3N3O3.C7H8ClNO/c13-12(14,15)9-4-6(8-2-1-3-21-8)16-10-5-7(11(19)20)17-18(9)10;1-10-7-3-2-5(8)4-6(7)9/h1-5H,(H,19,20);2-4H,9H2,1H3. The average molecular weight is 455 g/mol. The minimum absolute atomic E-state index is 0.0586. The molecule has 3 heterocycles. The van der Waals surface area contributed by atoms with Crippen molar-refractivity contribution in [3.8, 4) is 17.2 Å². The second kappa shape index (κ2) is 8.56. The Morgan fingerprint density at radius 2 is 2.00 bits per heavy atom. The Bertz CT molecular complexity index is 1220. The SMILES string of the molecule is COc1ccc(Cl)cc1N.O=C(O)c1cc2nc(-c3ccco3)cc(C(F)(F)F)n2n1. The number of nitrogens with zero attached hydrogens (tertiary/aromatic N) is 3. The number of nitrogens with two attached hydrogens (primary N) is 1. The van der Waals surface area contributed by atoms with Crippen molar-refractivity contribution in [3.05, 3.63) is 65.1 Å². The van der Waals surface area contributed by atoms with Gasteiger partial charge in [0.1, 0.15) is 11.4 Å². The molecular formula is C19H14ClF3N4O4. The first-order valence-corrected chi connectivity index (χ1v) is 8.82. The van der Waals surface area contributed by atoms with Gasteiger partial charge in [0.15, 0.2) is 22.8 Å². The number of anilines is 1. The van der Waals surface area contributed by atoms with Crippen LogP contribution < -0.4 is 10.5 Å². The molecule has 1 aromatic carbocycles. The summed E-state index contributed by atoms with van der Waals surface area (Å²) in [6.45, 7) is 0. The number of methoxy groups -OCH3 is 1. The van der Waals surface area contributed by atoms with Crippen LogP contribution in [-0.4, -0.2) is 32.8 Å². The number of fused-ring (bicyclic) bond motifs is 1. The fourth-order valence-corrected chi connectivity index (χ4v) is 2.72. The van der Waals surface area contributed by atoms with E-state index in [4.69, 9.17) is 31.6 Å². The summed E-state index contributed by atoms with van der Waals surface area (Å²) in [7, 11) is 1.57. The highest BCUT2D eigenvalue weighted by Gasteiger charge is 2.35. The molecule has 162 valence electrons.